The number of aromatic nitrogens is 2. The molecule has 0 saturated heterocycles. The quantitative estimate of drug-likeness (QED) is 0.409. The first-order valence-corrected chi connectivity index (χ1v) is 3.41. The van der Waals surface area contributed by atoms with Crippen LogP contribution in [0.3, 0.4) is 0 Å². The van der Waals surface area contributed by atoms with Crippen LogP contribution in [0.2, 0.25) is 0 Å². The summed E-state index contributed by atoms with van der Waals surface area (Å²) in [5.74, 6) is 0. The highest BCUT2D eigenvalue weighted by molar-refractivity contribution is 5.07. The van der Waals surface area contributed by atoms with Crippen LogP contribution in [0, 0.1) is 0 Å². The van der Waals surface area contributed by atoms with Crippen LogP contribution in [0.4, 0.5) is 0 Å². The molecule has 0 aliphatic heterocycles. The molecule has 0 fully saturated rings. The van der Waals surface area contributed by atoms with Crippen LogP contribution in [0.1, 0.15) is 11.7 Å². The van der Waals surface area contributed by atoms with E-state index in [9.17, 15) is 5.11 Å². The van der Waals surface area contributed by atoms with E-state index in [2.05, 4.69) is 15.1 Å². The SMILES string of the molecule is Cn1cc([C@H](O)CN=[N+]=[N-])cn1. The average molecular weight is 167 g/mol. The number of aliphatic hydroxyl groups is 1. The highest BCUT2D eigenvalue weighted by atomic mass is 16.3. The van der Waals surface area contributed by atoms with Gasteiger partial charge in [0.25, 0.3) is 0 Å². The first-order chi connectivity index (χ1) is 5.74. The monoisotopic (exact) mass is 167 g/mol. The Morgan fingerprint density at radius 2 is 2.67 bits per heavy atom. The van der Waals surface area contributed by atoms with Crippen molar-refractivity contribution >= 4 is 0 Å². The standard InChI is InChI=1S/C6H9N5O/c1-11-4-5(2-9-11)6(12)3-8-10-7/h2,4,6,12H,3H2,1H3/t6-/m1/s1. The number of rotatable bonds is 3. The lowest BCUT2D eigenvalue weighted by Gasteiger charge is -2.01. The summed E-state index contributed by atoms with van der Waals surface area (Å²) in [7, 11) is 1.75. The summed E-state index contributed by atoms with van der Waals surface area (Å²) in [6.45, 7) is 0.0438. The Morgan fingerprint density at radius 3 is 3.17 bits per heavy atom. The van der Waals surface area contributed by atoms with Crippen molar-refractivity contribution in [1.29, 1.82) is 0 Å². The lowest BCUT2D eigenvalue weighted by atomic mass is 10.2. The summed E-state index contributed by atoms with van der Waals surface area (Å²) in [5, 5.41) is 16.5. The molecule has 0 unspecified atom stereocenters. The van der Waals surface area contributed by atoms with Gasteiger partial charge in [0.05, 0.1) is 18.8 Å². The van der Waals surface area contributed by atoms with E-state index in [1.165, 1.54) is 6.20 Å². The van der Waals surface area contributed by atoms with Crippen LogP contribution in [0.15, 0.2) is 17.5 Å². The zero-order chi connectivity index (χ0) is 8.97. The number of aliphatic hydroxyl groups excluding tert-OH is 1. The van der Waals surface area contributed by atoms with Gasteiger partial charge in [-0.2, -0.15) is 5.10 Å². The first-order valence-electron chi connectivity index (χ1n) is 3.41. The van der Waals surface area contributed by atoms with E-state index in [1.807, 2.05) is 0 Å². The van der Waals surface area contributed by atoms with E-state index in [0.29, 0.717) is 5.56 Å². The molecule has 64 valence electrons. The van der Waals surface area contributed by atoms with Gasteiger partial charge in [-0.25, -0.2) is 0 Å². The van der Waals surface area contributed by atoms with Crippen LogP contribution in [-0.4, -0.2) is 21.4 Å². The van der Waals surface area contributed by atoms with Gasteiger partial charge in [-0.1, -0.05) is 5.11 Å². The van der Waals surface area contributed by atoms with E-state index >= 15 is 0 Å². The van der Waals surface area contributed by atoms with E-state index in [1.54, 1.807) is 17.9 Å². The molecule has 0 aromatic carbocycles. The first kappa shape index (κ1) is 8.58. The lowest BCUT2D eigenvalue weighted by Crippen LogP contribution is -1.98. The number of nitrogens with zero attached hydrogens (tertiary/aromatic N) is 5. The summed E-state index contributed by atoms with van der Waals surface area (Å²) < 4.78 is 1.58. The molecule has 12 heavy (non-hydrogen) atoms. The predicted octanol–water partition coefficient (Wildman–Crippen LogP) is 0.764. The third kappa shape index (κ3) is 1.98. The summed E-state index contributed by atoms with van der Waals surface area (Å²) in [4.78, 5) is 2.55. The van der Waals surface area contributed by atoms with Crippen molar-refractivity contribution in [3.63, 3.8) is 0 Å². The molecule has 0 amide bonds. The maximum Gasteiger partial charge on any atom is 0.0876 e. The summed E-state index contributed by atoms with van der Waals surface area (Å²) >= 11 is 0. The van der Waals surface area contributed by atoms with Gasteiger partial charge in [0.1, 0.15) is 0 Å². The Hall–Kier alpha value is -1.52. The average Bonchev–Trinajstić information content (AvgIpc) is 2.47. The molecule has 1 N–H and O–H groups in total. The molecule has 6 nitrogen and oxygen atoms in total. The predicted molar refractivity (Wildman–Crippen MR) is 42.2 cm³/mol. The largest absolute Gasteiger partial charge is 0.388 e. The topological polar surface area (TPSA) is 86.8 Å². The van der Waals surface area contributed by atoms with Gasteiger partial charge in [0, 0.05) is 23.7 Å². The molecule has 0 spiro atoms. The molecule has 0 saturated carbocycles. The van der Waals surface area contributed by atoms with Crippen LogP contribution in [0.25, 0.3) is 10.4 Å². The lowest BCUT2D eigenvalue weighted by molar-refractivity contribution is 0.186. The zero-order valence-corrected chi connectivity index (χ0v) is 6.62. The smallest absolute Gasteiger partial charge is 0.0876 e. The Balaban J connectivity index is 2.64. The summed E-state index contributed by atoms with van der Waals surface area (Å²) in [6.07, 6.45) is 2.46. The molecule has 1 rings (SSSR count). The molecule has 1 atom stereocenters. The zero-order valence-electron chi connectivity index (χ0n) is 6.62. The van der Waals surface area contributed by atoms with Gasteiger partial charge < -0.3 is 5.11 Å². The van der Waals surface area contributed by atoms with Crippen molar-refractivity contribution in [2.75, 3.05) is 6.54 Å². The normalized spacial score (nSPS) is 12.2. The van der Waals surface area contributed by atoms with Gasteiger partial charge in [-0.3, -0.25) is 4.68 Å². The highest BCUT2D eigenvalue weighted by Gasteiger charge is 2.07. The van der Waals surface area contributed by atoms with Gasteiger partial charge in [0.15, 0.2) is 0 Å². The Morgan fingerprint density at radius 1 is 1.92 bits per heavy atom. The van der Waals surface area contributed by atoms with Crippen molar-refractivity contribution < 1.29 is 5.11 Å². The fourth-order valence-electron chi connectivity index (χ4n) is 0.831. The second kappa shape index (κ2) is 3.75. The van der Waals surface area contributed by atoms with Gasteiger partial charge in [0.2, 0.25) is 0 Å². The van der Waals surface area contributed by atoms with Crippen molar-refractivity contribution in [2.24, 2.45) is 12.2 Å². The van der Waals surface area contributed by atoms with Crippen molar-refractivity contribution in [3.8, 4) is 0 Å². The second-order valence-corrected chi connectivity index (χ2v) is 2.38. The molecule has 0 aliphatic carbocycles. The van der Waals surface area contributed by atoms with Crippen LogP contribution < -0.4 is 0 Å². The number of hydrogen-bond acceptors (Lipinski definition) is 3. The van der Waals surface area contributed by atoms with Crippen molar-refractivity contribution in [2.45, 2.75) is 6.10 Å². The van der Waals surface area contributed by atoms with E-state index in [-0.39, 0.29) is 6.54 Å². The maximum absolute atomic E-state index is 9.35. The van der Waals surface area contributed by atoms with Crippen molar-refractivity contribution in [3.05, 3.63) is 28.4 Å². The fourth-order valence-corrected chi connectivity index (χ4v) is 0.831. The second-order valence-electron chi connectivity index (χ2n) is 2.38. The van der Waals surface area contributed by atoms with Crippen LogP contribution in [-0.2, 0) is 7.05 Å². The Bertz CT molecular complexity index is 301. The highest BCUT2D eigenvalue weighted by Crippen LogP contribution is 2.10. The Labute approximate surface area is 69.1 Å². The van der Waals surface area contributed by atoms with Gasteiger partial charge in [-0.15, -0.1) is 0 Å². The van der Waals surface area contributed by atoms with Gasteiger partial charge >= 0.3 is 0 Å². The van der Waals surface area contributed by atoms with E-state index < -0.39 is 6.10 Å². The molecular weight excluding hydrogens is 158 g/mol. The maximum atomic E-state index is 9.35. The summed E-state index contributed by atoms with van der Waals surface area (Å²) in [6, 6.07) is 0. The number of aryl methyl sites for hydroxylation is 1. The van der Waals surface area contributed by atoms with Crippen molar-refractivity contribution in [1.82, 2.24) is 9.78 Å². The number of hydrogen-bond donors (Lipinski definition) is 1. The molecule has 0 aliphatic rings. The van der Waals surface area contributed by atoms with E-state index in [4.69, 9.17) is 5.53 Å². The minimum Gasteiger partial charge on any atom is -0.388 e. The molecular formula is C6H9N5O. The molecule has 1 aromatic heterocycles. The molecule has 1 aromatic rings. The minimum absolute atomic E-state index is 0.0438. The molecule has 0 radical (unpaired) electrons. The molecule has 1 heterocycles. The fraction of sp³-hybridized carbons (Fsp3) is 0.500. The van der Waals surface area contributed by atoms with Crippen LogP contribution >= 0.6 is 0 Å². The molecule has 6 heteroatoms. The molecule has 0 bridgehead atoms. The van der Waals surface area contributed by atoms with E-state index in [0.717, 1.165) is 0 Å². The van der Waals surface area contributed by atoms with Gasteiger partial charge in [-0.05, 0) is 5.53 Å². The summed E-state index contributed by atoms with van der Waals surface area (Å²) in [5.41, 5.74) is 8.65. The minimum atomic E-state index is -0.755. The number of azide groups is 1. The van der Waals surface area contributed by atoms with Crippen LogP contribution in [0.5, 0.6) is 0 Å². The third-order valence-corrected chi connectivity index (χ3v) is 1.43. The Kier molecular flexibility index (Phi) is 2.68. The third-order valence-electron chi connectivity index (χ3n) is 1.43.